The zero-order chi connectivity index (χ0) is 18.8. The number of aryl methyl sites for hydroxylation is 1. The van der Waals surface area contributed by atoms with E-state index in [0.717, 1.165) is 11.5 Å². The molecule has 27 heavy (non-hydrogen) atoms. The second-order valence-corrected chi connectivity index (χ2v) is 6.00. The third-order valence-electron chi connectivity index (χ3n) is 4.09. The molecular formula is C18H16N6O3. The number of nitrogens with zero attached hydrogens (tertiary/aromatic N) is 4. The smallest absolute Gasteiger partial charge is 0.295 e. The molecule has 9 nitrogen and oxygen atoms in total. The molecule has 0 radical (unpaired) electrons. The lowest BCUT2D eigenvalue weighted by molar-refractivity contribution is -0.383. The van der Waals surface area contributed by atoms with Crippen molar-refractivity contribution in [1.29, 1.82) is 0 Å². The maximum Gasteiger partial charge on any atom is 0.295 e. The van der Waals surface area contributed by atoms with Gasteiger partial charge in [-0.15, -0.1) is 0 Å². The second kappa shape index (κ2) is 6.87. The van der Waals surface area contributed by atoms with Gasteiger partial charge in [-0.25, -0.2) is 9.97 Å². The molecule has 9 heteroatoms. The lowest BCUT2D eigenvalue weighted by Gasteiger charge is -2.10. The van der Waals surface area contributed by atoms with Crippen molar-refractivity contribution in [2.24, 2.45) is 0 Å². The second-order valence-electron chi connectivity index (χ2n) is 6.00. The van der Waals surface area contributed by atoms with Gasteiger partial charge in [0, 0.05) is 35.8 Å². The lowest BCUT2D eigenvalue weighted by Crippen LogP contribution is -2.07. The number of pyridine rings is 1. The molecule has 3 heterocycles. The van der Waals surface area contributed by atoms with E-state index >= 15 is 0 Å². The number of nitro groups is 1. The fourth-order valence-electron chi connectivity index (χ4n) is 2.89. The maximum atomic E-state index is 11.3. The largest absolute Gasteiger partial charge is 0.461 e. The zero-order valence-electron chi connectivity index (χ0n) is 14.5. The van der Waals surface area contributed by atoms with E-state index in [1.807, 2.05) is 19.1 Å². The van der Waals surface area contributed by atoms with E-state index in [2.05, 4.69) is 25.5 Å². The molecule has 4 rings (SSSR count). The minimum absolute atomic E-state index is 0.00225. The van der Waals surface area contributed by atoms with E-state index in [1.54, 1.807) is 24.5 Å². The van der Waals surface area contributed by atoms with Crippen molar-refractivity contribution in [2.45, 2.75) is 13.3 Å². The Morgan fingerprint density at radius 3 is 2.93 bits per heavy atom. The van der Waals surface area contributed by atoms with E-state index in [-0.39, 0.29) is 5.69 Å². The molecule has 1 aromatic carbocycles. The molecule has 2 N–H and O–H groups in total. The van der Waals surface area contributed by atoms with E-state index in [1.165, 1.54) is 6.07 Å². The molecule has 3 aromatic heterocycles. The number of para-hydroxylation sites is 1. The summed E-state index contributed by atoms with van der Waals surface area (Å²) in [5.74, 6) is 1.83. The number of non-ortho nitro benzene ring substituents is 1. The van der Waals surface area contributed by atoms with Crippen molar-refractivity contribution < 1.29 is 9.34 Å². The van der Waals surface area contributed by atoms with Crippen molar-refractivity contribution in [3.05, 3.63) is 64.3 Å². The first kappa shape index (κ1) is 16.7. The fraction of sp³-hybridized carbons (Fsp3) is 0.167. The summed E-state index contributed by atoms with van der Waals surface area (Å²) in [5.41, 5.74) is 1.88. The van der Waals surface area contributed by atoms with Crippen LogP contribution in [0.25, 0.3) is 22.5 Å². The number of nitro benzene ring substituents is 1. The summed E-state index contributed by atoms with van der Waals surface area (Å²) in [6.07, 6.45) is 2.18. The summed E-state index contributed by atoms with van der Waals surface area (Å²) in [5, 5.41) is 22.3. The Balaban J connectivity index is 1.52. The Hall–Kier alpha value is -3.75. The summed E-state index contributed by atoms with van der Waals surface area (Å²) in [7, 11) is 0. The fourth-order valence-corrected chi connectivity index (χ4v) is 2.89. The summed E-state index contributed by atoms with van der Waals surface area (Å²) < 4.78 is 5.28. The van der Waals surface area contributed by atoms with Gasteiger partial charge in [-0.2, -0.15) is 5.10 Å². The number of benzene rings is 1. The maximum absolute atomic E-state index is 11.3. The standard InChI is InChI=1S/C18H16N6O3/c1-11-10-13(12-4-2-5-14(24(25)26)17(12)20-11)19-8-7-16-21-18(23-22-16)15-6-3-9-27-15/h2-6,9-10H,7-8H2,1H3,(H,19,20)(H,21,22,23). The lowest BCUT2D eigenvalue weighted by atomic mass is 10.1. The predicted molar refractivity (Wildman–Crippen MR) is 99.4 cm³/mol. The van der Waals surface area contributed by atoms with Crippen LogP contribution in [0.5, 0.6) is 0 Å². The predicted octanol–water partition coefficient (Wildman–Crippen LogP) is 3.48. The normalized spacial score (nSPS) is 11.0. The van der Waals surface area contributed by atoms with Gasteiger partial charge >= 0.3 is 0 Å². The number of furan rings is 1. The van der Waals surface area contributed by atoms with Crippen molar-refractivity contribution >= 4 is 22.3 Å². The molecule has 0 unspecified atom stereocenters. The SMILES string of the molecule is Cc1cc(NCCc2nc(-c3ccco3)n[nH]2)c2cccc([N+](=O)[O-])c2n1. The van der Waals surface area contributed by atoms with E-state index in [9.17, 15) is 10.1 Å². The molecule has 0 atom stereocenters. The summed E-state index contributed by atoms with van der Waals surface area (Å²) in [6, 6.07) is 10.4. The Morgan fingerprint density at radius 1 is 1.26 bits per heavy atom. The highest BCUT2D eigenvalue weighted by atomic mass is 16.6. The Kier molecular flexibility index (Phi) is 4.25. The number of hydrogen-bond acceptors (Lipinski definition) is 7. The average Bonchev–Trinajstić information content (AvgIpc) is 3.32. The van der Waals surface area contributed by atoms with E-state index in [4.69, 9.17) is 4.42 Å². The molecule has 0 aliphatic carbocycles. The van der Waals surface area contributed by atoms with Gasteiger partial charge in [0.2, 0.25) is 5.82 Å². The summed E-state index contributed by atoms with van der Waals surface area (Å²) in [6.45, 7) is 2.39. The molecule has 136 valence electrons. The van der Waals surface area contributed by atoms with Gasteiger partial charge in [-0.3, -0.25) is 15.2 Å². The molecule has 0 spiro atoms. The van der Waals surface area contributed by atoms with Gasteiger partial charge in [-0.05, 0) is 25.1 Å². The van der Waals surface area contributed by atoms with Crippen LogP contribution in [0.3, 0.4) is 0 Å². The number of hydrogen-bond donors (Lipinski definition) is 2. The van der Waals surface area contributed by atoms with Crippen molar-refractivity contribution in [3.8, 4) is 11.6 Å². The quantitative estimate of drug-likeness (QED) is 0.396. The highest BCUT2D eigenvalue weighted by Crippen LogP contribution is 2.29. The molecule has 0 bridgehead atoms. The average molecular weight is 364 g/mol. The van der Waals surface area contributed by atoms with Crippen LogP contribution in [0.1, 0.15) is 11.5 Å². The molecule has 0 amide bonds. The first-order valence-corrected chi connectivity index (χ1v) is 8.35. The first-order chi connectivity index (χ1) is 13.1. The number of aromatic nitrogens is 4. The van der Waals surface area contributed by atoms with E-state index in [0.29, 0.717) is 41.1 Å². The molecule has 0 aliphatic rings. The third-order valence-corrected chi connectivity index (χ3v) is 4.09. The van der Waals surface area contributed by atoms with Gasteiger partial charge in [0.05, 0.1) is 11.2 Å². The Bertz CT molecular complexity index is 1100. The van der Waals surface area contributed by atoms with Gasteiger partial charge < -0.3 is 9.73 Å². The number of fused-ring (bicyclic) bond motifs is 1. The number of anilines is 1. The van der Waals surface area contributed by atoms with Crippen LogP contribution < -0.4 is 5.32 Å². The number of aromatic amines is 1. The van der Waals surface area contributed by atoms with Gasteiger partial charge in [0.25, 0.3) is 5.69 Å². The van der Waals surface area contributed by atoms with Crippen LogP contribution >= 0.6 is 0 Å². The number of nitrogens with one attached hydrogen (secondary N) is 2. The van der Waals surface area contributed by atoms with E-state index < -0.39 is 4.92 Å². The minimum atomic E-state index is -0.413. The zero-order valence-corrected chi connectivity index (χ0v) is 14.5. The summed E-state index contributed by atoms with van der Waals surface area (Å²) in [4.78, 5) is 19.6. The Morgan fingerprint density at radius 2 is 2.15 bits per heavy atom. The van der Waals surface area contributed by atoms with Crippen LogP contribution in [0.15, 0.2) is 47.1 Å². The first-order valence-electron chi connectivity index (χ1n) is 8.35. The van der Waals surface area contributed by atoms with Crippen LogP contribution in [0.4, 0.5) is 11.4 Å². The van der Waals surface area contributed by atoms with Gasteiger partial charge in [-0.1, -0.05) is 12.1 Å². The molecule has 0 fully saturated rings. The van der Waals surface area contributed by atoms with Crippen molar-refractivity contribution in [1.82, 2.24) is 20.2 Å². The molecule has 0 aliphatic heterocycles. The van der Waals surface area contributed by atoms with Crippen LogP contribution in [0, 0.1) is 17.0 Å². The topological polar surface area (TPSA) is 123 Å². The van der Waals surface area contributed by atoms with Crippen LogP contribution in [-0.2, 0) is 6.42 Å². The Labute approximate surface area is 153 Å². The highest BCUT2D eigenvalue weighted by molar-refractivity contribution is 5.96. The monoisotopic (exact) mass is 364 g/mol. The van der Waals surface area contributed by atoms with Crippen molar-refractivity contribution in [2.75, 3.05) is 11.9 Å². The molecule has 0 saturated heterocycles. The van der Waals surface area contributed by atoms with Crippen LogP contribution in [0.2, 0.25) is 0 Å². The molecule has 0 saturated carbocycles. The minimum Gasteiger partial charge on any atom is -0.461 e. The molecular weight excluding hydrogens is 348 g/mol. The molecule has 4 aromatic rings. The van der Waals surface area contributed by atoms with Crippen molar-refractivity contribution in [3.63, 3.8) is 0 Å². The third kappa shape index (κ3) is 3.34. The van der Waals surface area contributed by atoms with Crippen LogP contribution in [-0.4, -0.2) is 31.6 Å². The summed E-state index contributed by atoms with van der Waals surface area (Å²) >= 11 is 0. The highest BCUT2D eigenvalue weighted by Gasteiger charge is 2.15. The number of H-pyrrole nitrogens is 1. The van der Waals surface area contributed by atoms with Gasteiger partial charge in [0.15, 0.2) is 11.3 Å². The number of rotatable bonds is 6. The van der Waals surface area contributed by atoms with Gasteiger partial charge in [0.1, 0.15) is 5.82 Å².